The number of carbonyl (C=O) groups is 2. The first kappa shape index (κ1) is 29.7. The Labute approximate surface area is 231 Å². The number of anilines is 1. The highest BCUT2D eigenvalue weighted by atomic mass is 32.2. The van der Waals surface area contributed by atoms with Gasteiger partial charge in [0, 0.05) is 13.1 Å². The van der Waals surface area contributed by atoms with E-state index in [1.807, 2.05) is 39.8 Å². The average Bonchev–Trinajstić information content (AvgIpc) is 2.92. The van der Waals surface area contributed by atoms with Crippen molar-refractivity contribution in [2.24, 2.45) is 0 Å². The Morgan fingerprint density at radius 1 is 0.923 bits per heavy atom. The molecular weight excluding hydrogens is 514 g/mol. The van der Waals surface area contributed by atoms with E-state index in [1.165, 1.54) is 17.0 Å². The number of sulfonamides is 1. The zero-order valence-electron chi connectivity index (χ0n) is 23.2. The normalized spacial score (nSPS) is 11.9. The molecule has 0 spiro atoms. The molecule has 1 atom stereocenters. The zero-order chi connectivity index (χ0) is 28.6. The van der Waals surface area contributed by atoms with Gasteiger partial charge < -0.3 is 15.0 Å². The number of amides is 2. The van der Waals surface area contributed by atoms with Gasteiger partial charge in [-0.15, -0.1) is 0 Å². The molecule has 1 N–H and O–H groups in total. The Hall–Kier alpha value is -3.85. The van der Waals surface area contributed by atoms with Crippen molar-refractivity contribution >= 4 is 27.5 Å². The number of benzene rings is 3. The monoisotopic (exact) mass is 551 g/mol. The van der Waals surface area contributed by atoms with Gasteiger partial charge >= 0.3 is 0 Å². The van der Waals surface area contributed by atoms with Gasteiger partial charge in [0.05, 0.1) is 17.7 Å². The van der Waals surface area contributed by atoms with Crippen LogP contribution in [0.4, 0.5) is 5.69 Å². The van der Waals surface area contributed by atoms with Crippen molar-refractivity contribution in [2.45, 2.75) is 51.6 Å². The lowest BCUT2D eigenvalue weighted by molar-refractivity contribution is -0.140. The van der Waals surface area contributed by atoms with Crippen LogP contribution in [0, 0.1) is 13.8 Å². The second-order valence-electron chi connectivity index (χ2n) is 9.35. The first-order valence-electron chi connectivity index (χ1n) is 13.0. The summed E-state index contributed by atoms with van der Waals surface area (Å²) in [5.41, 5.74) is 3.00. The second-order valence-corrected chi connectivity index (χ2v) is 11.2. The summed E-state index contributed by atoms with van der Waals surface area (Å²) in [6, 6.07) is 19.9. The Morgan fingerprint density at radius 3 is 2.10 bits per heavy atom. The third-order valence-corrected chi connectivity index (χ3v) is 8.22. The minimum Gasteiger partial charge on any atom is -0.497 e. The third-order valence-electron chi connectivity index (χ3n) is 6.43. The molecule has 3 rings (SSSR count). The van der Waals surface area contributed by atoms with Crippen LogP contribution in [0.5, 0.6) is 5.75 Å². The molecule has 3 aromatic carbocycles. The highest BCUT2D eigenvalue weighted by Crippen LogP contribution is 2.26. The van der Waals surface area contributed by atoms with E-state index < -0.39 is 28.5 Å². The van der Waals surface area contributed by atoms with Crippen LogP contribution in [-0.4, -0.2) is 51.4 Å². The standard InChI is InChI=1S/C30H37N3O5S/c1-6-28(30(35)31-7-2)32(20-24-9-8-10-26(19-24)38-5)29(34)21-33(25-15-11-22(3)12-16-25)39(36,37)27-17-13-23(4)14-18-27/h8-19,28H,6-7,20-21H2,1-5H3,(H,31,35)/t28-/m0/s1. The van der Waals surface area contributed by atoms with E-state index >= 15 is 0 Å². The summed E-state index contributed by atoms with van der Waals surface area (Å²) in [5, 5.41) is 2.80. The Bertz CT molecular complexity index is 1370. The molecular formula is C30H37N3O5S. The Kier molecular flexibility index (Phi) is 10.1. The fraction of sp³-hybridized carbons (Fsp3) is 0.333. The Balaban J connectivity index is 2.06. The van der Waals surface area contributed by atoms with Crippen LogP contribution in [0.15, 0.2) is 77.7 Å². The lowest BCUT2D eigenvalue weighted by Gasteiger charge is -2.33. The first-order chi connectivity index (χ1) is 18.6. The van der Waals surface area contributed by atoms with Crippen molar-refractivity contribution in [1.29, 1.82) is 0 Å². The quantitative estimate of drug-likeness (QED) is 0.359. The topological polar surface area (TPSA) is 96.0 Å². The number of ether oxygens (including phenoxy) is 1. The lowest BCUT2D eigenvalue weighted by Crippen LogP contribution is -2.52. The molecule has 0 heterocycles. The van der Waals surface area contributed by atoms with Gasteiger partial charge in [0.15, 0.2) is 0 Å². The number of hydrogen-bond donors (Lipinski definition) is 1. The van der Waals surface area contributed by atoms with Crippen LogP contribution in [0.3, 0.4) is 0 Å². The predicted octanol–water partition coefficient (Wildman–Crippen LogP) is 4.45. The molecule has 8 nitrogen and oxygen atoms in total. The molecule has 0 radical (unpaired) electrons. The number of methoxy groups -OCH3 is 1. The van der Waals surface area contributed by atoms with Gasteiger partial charge in [-0.2, -0.15) is 0 Å². The molecule has 0 saturated carbocycles. The average molecular weight is 552 g/mol. The Morgan fingerprint density at radius 2 is 1.54 bits per heavy atom. The van der Waals surface area contributed by atoms with Gasteiger partial charge in [-0.1, -0.05) is 54.4 Å². The molecule has 0 bridgehead atoms. The second kappa shape index (κ2) is 13.3. The number of nitrogens with one attached hydrogen (secondary N) is 1. The molecule has 0 saturated heterocycles. The van der Waals surface area contributed by atoms with Gasteiger partial charge in [0.25, 0.3) is 10.0 Å². The van der Waals surface area contributed by atoms with E-state index in [4.69, 9.17) is 4.74 Å². The molecule has 0 fully saturated rings. The number of likely N-dealkylation sites (N-methyl/N-ethyl adjacent to an activating group) is 1. The van der Waals surface area contributed by atoms with Crippen LogP contribution < -0.4 is 14.4 Å². The van der Waals surface area contributed by atoms with E-state index in [2.05, 4.69) is 5.32 Å². The maximum absolute atomic E-state index is 14.0. The van der Waals surface area contributed by atoms with Crippen LogP contribution in [-0.2, 0) is 26.2 Å². The SMILES string of the molecule is CCNC(=O)[C@H](CC)N(Cc1cccc(OC)c1)C(=O)CN(c1ccc(C)cc1)S(=O)(=O)c1ccc(C)cc1. The van der Waals surface area contributed by atoms with E-state index in [0.29, 0.717) is 24.4 Å². The summed E-state index contributed by atoms with van der Waals surface area (Å²) in [5.74, 6) is -0.166. The van der Waals surface area contributed by atoms with Crippen LogP contribution in [0.1, 0.15) is 37.0 Å². The highest BCUT2D eigenvalue weighted by Gasteiger charge is 2.33. The van der Waals surface area contributed by atoms with Crippen molar-refractivity contribution in [3.63, 3.8) is 0 Å². The first-order valence-corrected chi connectivity index (χ1v) is 14.4. The molecule has 9 heteroatoms. The van der Waals surface area contributed by atoms with Gasteiger partial charge in [0.2, 0.25) is 11.8 Å². The van der Waals surface area contributed by atoms with Crippen LogP contribution >= 0.6 is 0 Å². The van der Waals surface area contributed by atoms with Crippen LogP contribution in [0.25, 0.3) is 0 Å². The van der Waals surface area contributed by atoms with Gasteiger partial charge in [-0.05, 0) is 69.2 Å². The highest BCUT2D eigenvalue weighted by molar-refractivity contribution is 7.92. The summed E-state index contributed by atoms with van der Waals surface area (Å²) in [7, 11) is -2.54. The van der Waals surface area contributed by atoms with Crippen molar-refractivity contribution in [3.8, 4) is 5.75 Å². The zero-order valence-corrected chi connectivity index (χ0v) is 24.0. The summed E-state index contributed by atoms with van der Waals surface area (Å²) in [4.78, 5) is 28.5. The van der Waals surface area contributed by atoms with E-state index in [1.54, 1.807) is 55.6 Å². The van der Waals surface area contributed by atoms with Crippen LogP contribution in [0.2, 0.25) is 0 Å². The van der Waals surface area contributed by atoms with Gasteiger partial charge in [-0.25, -0.2) is 8.42 Å². The lowest BCUT2D eigenvalue weighted by atomic mass is 10.1. The number of hydrogen-bond acceptors (Lipinski definition) is 5. The maximum atomic E-state index is 14.0. The maximum Gasteiger partial charge on any atom is 0.264 e. The minimum absolute atomic E-state index is 0.0802. The van der Waals surface area contributed by atoms with Crippen molar-refractivity contribution < 1.29 is 22.7 Å². The summed E-state index contributed by atoms with van der Waals surface area (Å²) >= 11 is 0. The molecule has 208 valence electrons. The summed E-state index contributed by atoms with van der Waals surface area (Å²) < 4.78 is 34.2. The van der Waals surface area contributed by atoms with Gasteiger partial charge in [-0.3, -0.25) is 13.9 Å². The van der Waals surface area contributed by atoms with Crippen molar-refractivity contribution in [2.75, 3.05) is 24.5 Å². The fourth-order valence-electron chi connectivity index (χ4n) is 4.26. The van der Waals surface area contributed by atoms with Crippen molar-refractivity contribution in [3.05, 3.63) is 89.5 Å². The minimum atomic E-state index is -4.09. The van der Waals surface area contributed by atoms with E-state index in [0.717, 1.165) is 21.0 Å². The largest absolute Gasteiger partial charge is 0.497 e. The molecule has 3 aromatic rings. The third kappa shape index (κ3) is 7.38. The molecule has 39 heavy (non-hydrogen) atoms. The molecule has 0 aliphatic carbocycles. The van der Waals surface area contributed by atoms with Gasteiger partial charge in [0.1, 0.15) is 18.3 Å². The molecule has 0 unspecified atom stereocenters. The van der Waals surface area contributed by atoms with E-state index in [-0.39, 0.29) is 17.3 Å². The molecule has 0 aromatic heterocycles. The van der Waals surface area contributed by atoms with Crippen molar-refractivity contribution in [1.82, 2.24) is 10.2 Å². The fourth-order valence-corrected chi connectivity index (χ4v) is 5.67. The smallest absolute Gasteiger partial charge is 0.264 e. The number of aryl methyl sites for hydroxylation is 2. The molecule has 2 amide bonds. The number of carbonyl (C=O) groups excluding carboxylic acids is 2. The predicted molar refractivity (Wildman–Crippen MR) is 153 cm³/mol. The summed E-state index contributed by atoms with van der Waals surface area (Å²) in [6.45, 7) is 7.46. The number of nitrogens with zero attached hydrogens (tertiary/aromatic N) is 2. The number of rotatable bonds is 12. The summed E-state index contributed by atoms with van der Waals surface area (Å²) in [6.07, 6.45) is 0.358. The van der Waals surface area contributed by atoms with E-state index in [9.17, 15) is 18.0 Å². The molecule has 0 aliphatic heterocycles. The molecule has 0 aliphatic rings.